The molecule has 0 spiro atoms. The number of carbonyl (C=O) groups excluding carboxylic acids is 1. The van der Waals surface area contributed by atoms with Crippen LogP contribution in [0.5, 0.6) is 23.0 Å². The molecule has 1 amide bonds. The number of carbonyl (C=O) groups is 1. The minimum absolute atomic E-state index is 0. The van der Waals surface area contributed by atoms with E-state index < -0.39 is 53.3 Å². The summed E-state index contributed by atoms with van der Waals surface area (Å²) in [7, 11) is -9.22. The molecule has 0 radical (unpaired) electrons. The molecule has 0 aliphatic rings. The molecule has 0 aromatic heterocycles. The van der Waals surface area contributed by atoms with E-state index in [0.29, 0.717) is 68.8 Å². The molecule has 0 saturated carbocycles. The molecule has 380 valence electrons. The van der Waals surface area contributed by atoms with Crippen LogP contribution in [0.2, 0.25) is 10.0 Å². The fourth-order valence-electron chi connectivity index (χ4n) is 7.32. The first-order valence-corrected chi connectivity index (χ1v) is 25.7. The van der Waals surface area contributed by atoms with Crippen molar-refractivity contribution >= 4 is 160 Å². The van der Waals surface area contributed by atoms with E-state index in [1.165, 1.54) is 31.2 Å². The summed E-state index contributed by atoms with van der Waals surface area (Å²) in [6, 6.07) is 35.2. The summed E-state index contributed by atoms with van der Waals surface area (Å²) in [5, 5.41) is 58.3. The second-order valence-electron chi connectivity index (χ2n) is 15.9. The van der Waals surface area contributed by atoms with Crippen molar-refractivity contribution in [3.63, 3.8) is 0 Å². The van der Waals surface area contributed by atoms with Crippen molar-refractivity contribution in [3.05, 3.63) is 166 Å². The minimum Gasteiger partial charge on any atom is -0.871 e. The molecule has 8 aromatic rings. The molecule has 0 unspecified atom stereocenters. The number of anilines is 1. The fraction of sp³-hybridized carbons (Fsp3) is 0.115. The third-order valence-corrected chi connectivity index (χ3v) is 13.7. The van der Waals surface area contributed by atoms with Crippen LogP contribution in [0.3, 0.4) is 0 Å². The average molecular weight is 1220 g/mol. The van der Waals surface area contributed by atoms with Gasteiger partial charge in [-0.05, 0) is 122 Å². The number of fused-ring (bicyclic) bond motifs is 2. The molecular weight excluding hydrogens is 1170 g/mol. The molecule has 0 aliphatic heterocycles. The molecule has 8 aromatic carbocycles. The van der Waals surface area contributed by atoms with Gasteiger partial charge in [-0.25, -0.2) is 0 Å². The van der Waals surface area contributed by atoms with Gasteiger partial charge in [0.15, 0.2) is 5.75 Å². The molecule has 23 heteroatoms. The summed E-state index contributed by atoms with van der Waals surface area (Å²) in [5.74, 6) is -1.34. The van der Waals surface area contributed by atoms with E-state index in [-0.39, 0.29) is 92.8 Å². The van der Waals surface area contributed by atoms with Crippen molar-refractivity contribution in [2.45, 2.75) is 37.5 Å². The molecule has 0 bridgehead atoms. The van der Waals surface area contributed by atoms with Gasteiger partial charge in [0, 0.05) is 28.6 Å². The van der Waals surface area contributed by atoms with E-state index in [1.54, 1.807) is 104 Å². The van der Waals surface area contributed by atoms with Gasteiger partial charge in [0.25, 0.3) is 26.1 Å². The van der Waals surface area contributed by atoms with Gasteiger partial charge in [-0.2, -0.15) is 32.2 Å². The van der Waals surface area contributed by atoms with Gasteiger partial charge in [-0.15, -0.1) is 5.11 Å². The number of phenols is 1. The van der Waals surface area contributed by atoms with Crippen LogP contribution in [0.4, 0.5) is 34.1 Å². The normalized spacial score (nSPS) is 11.9. The van der Waals surface area contributed by atoms with Crippen LogP contribution in [-0.2, 0) is 20.2 Å². The Bertz CT molecular complexity index is 3830. The molecule has 0 fully saturated rings. The summed E-state index contributed by atoms with van der Waals surface area (Å²) >= 11 is 12.0. The van der Waals surface area contributed by atoms with Crippen LogP contribution in [0, 0.1) is 13.8 Å². The van der Waals surface area contributed by atoms with Crippen molar-refractivity contribution < 1.29 is 55.5 Å². The van der Waals surface area contributed by atoms with Gasteiger partial charge in [0.2, 0.25) is 0 Å². The fourth-order valence-corrected chi connectivity index (χ4v) is 9.44. The Morgan fingerprint density at radius 3 is 1.63 bits per heavy atom. The maximum absolute atomic E-state index is 13.3. The number of phenolic OH excluding ortho intramolecular Hbond substituents is 1. The van der Waals surface area contributed by atoms with Gasteiger partial charge in [-0.1, -0.05) is 89.6 Å². The predicted octanol–water partition coefficient (Wildman–Crippen LogP) is 11.8. The van der Waals surface area contributed by atoms with Crippen LogP contribution in [0.15, 0.2) is 169 Å². The van der Waals surface area contributed by atoms with Gasteiger partial charge < -0.3 is 30.1 Å². The Kier molecular flexibility index (Phi) is 19.3. The second-order valence-corrected chi connectivity index (χ2v) is 19.5. The maximum Gasteiger partial charge on any atom is 2.00 e. The molecule has 0 heterocycles. The van der Waals surface area contributed by atoms with E-state index >= 15 is 0 Å². The van der Waals surface area contributed by atoms with Gasteiger partial charge >= 0.3 is 48.9 Å². The Morgan fingerprint density at radius 2 is 1.09 bits per heavy atom. The van der Waals surface area contributed by atoms with Crippen LogP contribution in [0.1, 0.15) is 40.9 Å². The Hall–Kier alpha value is -6.41. The third kappa shape index (κ3) is 14.1. The van der Waals surface area contributed by atoms with Crippen molar-refractivity contribution in [1.82, 2.24) is 0 Å². The third-order valence-electron chi connectivity index (χ3n) is 10.7. The summed E-state index contributed by atoms with van der Waals surface area (Å²) in [6.07, 6.45) is 0. The minimum atomic E-state index is -4.62. The number of azo groups is 2. The number of nitrogens with one attached hydrogen (secondary N) is 1. The Morgan fingerprint density at radius 1 is 0.613 bits per heavy atom. The zero-order chi connectivity index (χ0) is 53.5. The number of aromatic hydroxyl groups is 1. The predicted molar refractivity (Wildman–Crippen MR) is 284 cm³/mol. The van der Waals surface area contributed by atoms with E-state index in [0.717, 1.165) is 12.1 Å². The standard InChI is InChI=1S/2C26H22ClN3O6S.Ba/c2*1-3-36-19-9-6-8-17(13-19)28-26(32)21-12-16-7-4-5-10-20(16)24(25(21)31)30-29-18-11-15(2)23(27)22(14-18)37(33,34)35;/h2*4-14,31H,3H2,1-2H3,(H,28,32)(H,33,34,35);/q;;+2/p-2. The number of ether oxygens (including phenoxy) is 2. The van der Waals surface area contributed by atoms with E-state index in [1.807, 2.05) is 13.8 Å². The number of hydrogen-bond acceptors (Lipinski definition) is 15. The summed E-state index contributed by atoms with van der Waals surface area (Å²) < 4.78 is 76.6. The van der Waals surface area contributed by atoms with Crippen molar-refractivity contribution in [2.24, 2.45) is 25.4 Å². The first-order chi connectivity index (χ1) is 35.2. The first kappa shape index (κ1) is 57.9. The smallest absolute Gasteiger partial charge is 0.871 e. The number of aliphatic imine (C=N–C) groups is 1. The summed E-state index contributed by atoms with van der Waals surface area (Å²) in [5.41, 5.74) is 1.21. The molecule has 75 heavy (non-hydrogen) atoms. The molecule has 18 nitrogen and oxygen atoms in total. The number of benzene rings is 8. The molecule has 8 rings (SSSR count). The Balaban J connectivity index is 0.000000241. The number of hydrogen-bond donors (Lipinski definition) is 4. The van der Waals surface area contributed by atoms with Crippen LogP contribution < -0.4 is 25.0 Å². The van der Waals surface area contributed by atoms with Crippen LogP contribution >= 0.6 is 23.2 Å². The average Bonchev–Trinajstić information content (AvgIpc) is 3.35. The van der Waals surface area contributed by atoms with Crippen LogP contribution in [-0.4, -0.2) is 105 Å². The van der Waals surface area contributed by atoms with E-state index in [4.69, 9.17) is 32.7 Å². The Labute approximate surface area is 481 Å². The molecular formula is C52H42BaCl2N6O12S2. The first-order valence-electron chi connectivity index (χ1n) is 22.1. The number of amides is 1. The SMILES string of the molecule is CCOc1cccc(N=C([O-])c2cc3ccccc3c(N=Nc3cc(C)c(Cl)c(S(=O)(=O)O)c3)c2[O-])c1.CCOc1cccc(NC(=O)c2cc3ccccc3c(N=Nc3cc(C)c(Cl)c(S(=O)(=O)O)c3)c2O)c1.[Ba+2]. The van der Waals surface area contributed by atoms with Crippen LogP contribution in [0.25, 0.3) is 21.5 Å². The maximum atomic E-state index is 13.3. The van der Waals surface area contributed by atoms with E-state index in [2.05, 4.69) is 30.8 Å². The molecule has 0 atom stereocenters. The number of nitrogens with zero attached hydrogens (tertiary/aromatic N) is 5. The number of rotatable bonds is 14. The van der Waals surface area contributed by atoms with Crippen molar-refractivity contribution in [3.8, 4) is 23.0 Å². The van der Waals surface area contributed by atoms with Crippen molar-refractivity contribution in [1.29, 1.82) is 0 Å². The summed E-state index contributed by atoms with van der Waals surface area (Å²) in [6.45, 7) is 7.68. The molecule has 0 saturated heterocycles. The summed E-state index contributed by atoms with van der Waals surface area (Å²) in [4.78, 5) is 16.1. The largest absolute Gasteiger partial charge is 2.00 e. The zero-order valence-corrected chi connectivity index (χ0v) is 47.7. The molecule has 0 aliphatic carbocycles. The number of halogens is 2. The van der Waals surface area contributed by atoms with Gasteiger partial charge in [-0.3, -0.25) is 18.9 Å². The monoisotopic (exact) mass is 1210 g/mol. The van der Waals surface area contributed by atoms with Crippen molar-refractivity contribution in [2.75, 3.05) is 18.5 Å². The van der Waals surface area contributed by atoms with Gasteiger partial charge in [0.05, 0.1) is 51.6 Å². The second kappa shape index (κ2) is 25.0. The zero-order valence-electron chi connectivity index (χ0n) is 40.1. The topological polar surface area (TPSA) is 284 Å². The van der Waals surface area contributed by atoms with E-state index in [9.17, 15) is 46.1 Å². The van der Waals surface area contributed by atoms with Gasteiger partial charge in [0.1, 0.15) is 27.0 Å². The molecule has 4 N–H and O–H groups in total. The quantitative estimate of drug-likeness (QED) is 0.0260. The number of aryl methyl sites for hydroxylation is 2.